The number of carbonyl (C=O) groups excluding carboxylic acids is 2. The number of ether oxygens (including phenoxy) is 1. The Labute approximate surface area is 162 Å². The fourth-order valence-electron chi connectivity index (χ4n) is 3.63. The lowest BCUT2D eigenvalue weighted by atomic mass is 10.1. The third kappa shape index (κ3) is 3.34. The van der Waals surface area contributed by atoms with Crippen molar-refractivity contribution in [3.8, 4) is 17.2 Å². The molecule has 8 nitrogen and oxygen atoms in total. The highest BCUT2D eigenvalue weighted by molar-refractivity contribution is 5.86. The van der Waals surface area contributed by atoms with E-state index in [0.29, 0.717) is 43.6 Å². The van der Waals surface area contributed by atoms with Crippen LogP contribution in [0.2, 0.25) is 0 Å². The van der Waals surface area contributed by atoms with Crippen molar-refractivity contribution in [1.29, 1.82) is 0 Å². The Hall–Kier alpha value is -2.90. The summed E-state index contributed by atoms with van der Waals surface area (Å²) in [4.78, 5) is 31.9. The molecule has 1 aromatic carbocycles. The van der Waals surface area contributed by atoms with Gasteiger partial charge in [0.15, 0.2) is 5.82 Å². The van der Waals surface area contributed by atoms with E-state index in [1.165, 1.54) is 0 Å². The Balaban J connectivity index is 1.19. The van der Waals surface area contributed by atoms with Gasteiger partial charge in [-0.25, -0.2) is 0 Å². The van der Waals surface area contributed by atoms with E-state index < -0.39 is 0 Å². The lowest BCUT2D eigenvalue weighted by Gasteiger charge is -2.39. The second-order valence-corrected chi connectivity index (χ2v) is 7.69. The number of benzene rings is 1. The van der Waals surface area contributed by atoms with Crippen molar-refractivity contribution in [2.75, 3.05) is 26.2 Å². The van der Waals surface area contributed by atoms with Crippen LogP contribution in [0, 0.1) is 0 Å². The van der Waals surface area contributed by atoms with Crippen molar-refractivity contribution >= 4 is 11.8 Å². The zero-order valence-electron chi connectivity index (χ0n) is 15.5. The van der Waals surface area contributed by atoms with E-state index in [4.69, 9.17) is 9.26 Å². The number of hydrogen-bond acceptors (Lipinski definition) is 6. The molecule has 1 saturated carbocycles. The van der Waals surface area contributed by atoms with Crippen LogP contribution in [0.15, 0.2) is 28.8 Å². The minimum atomic E-state index is -0.0785. The number of hydrogen-bond donors (Lipinski definition) is 0. The highest BCUT2D eigenvalue weighted by atomic mass is 16.5. The summed E-state index contributed by atoms with van der Waals surface area (Å²) in [6, 6.07) is 7.59. The third-order valence-corrected chi connectivity index (χ3v) is 5.49. The summed E-state index contributed by atoms with van der Waals surface area (Å²) in [5.41, 5.74) is 0.773. The SMILES string of the molecule is O=C1CCCN1CC(=O)N1CC(Oc2ccccc2-c2nc(C3CC3)no2)C1. The average Bonchev–Trinajstić information content (AvgIpc) is 3.26. The molecule has 146 valence electrons. The Kier molecular flexibility index (Phi) is 4.26. The first-order valence-corrected chi connectivity index (χ1v) is 9.82. The standard InChI is InChI=1S/C20H22N4O4/c25-17-6-3-9-23(17)12-18(26)24-10-14(11-24)27-16-5-2-1-4-15(16)20-21-19(22-28-20)13-7-8-13/h1-2,4-5,13-14H,3,6-12H2. The molecule has 3 aliphatic rings. The van der Waals surface area contributed by atoms with Gasteiger partial charge in [-0.05, 0) is 31.4 Å². The largest absolute Gasteiger partial charge is 0.486 e. The smallest absolute Gasteiger partial charge is 0.261 e. The van der Waals surface area contributed by atoms with Crippen molar-refractivity contribution in [3.05, 3.63) is 30.1 Å². The molecule has 28 heavy (non-hydrogen) atoms. The van der Waals surface area contributed by atoms with Gasteiger partial charge in [-0.3, -0.25) is 9.59 Å². The van der Waals surface area contributed by atoms with E-state index in [-0.39, 0.29) is 24.5 Å². The van der Waals surface area contributed by atoms with Gasteiger partial charge in [-0.1, -0.05) is 17.3 Å². The Morgan fingerprint density at radius 3 is 2.82 bits per heavy atom. The van der Waals surface area contributed by atoms with Crippen LogP contribution in [0.1, 0.15) is 37.4 Å². The Morgan fingerprint density at radius 2 is 2.07 bits per heavy atom. The fourth-order valence-corrected chi connectivity index (χ4v) is 3.63. The maximum Gasteiger partial charge on any atom is 0.261 e. The summed E-state index contributed by atoms with van der Waals surface area (Å²) < 4.78 is 11.5. The molecule has 2 amide bonds. The van der Waals surface area contributed by atoms with Crippen molar-refractivity contribution in [1.82, 2.24) is 19.9 Å². The van der Waals surface area contributed by atoms with Crippen molar-refractivity contribution < 1.29 is 18.8 Å². The van der Waals surface area contributed by atoms with Crippen molar-refractivity contribution in [3.63, 3.8) is 0 Å². The molecule has 8 heteroatoms. The molecule has 3 heterocycles. The van der Waals surface area contributed by atoms with Crippen LogP contribution in [-0.2, 0) is 9.59 Å². The van der Waals surface area contributed by atoms with E-state index in [9.17, 15) is 9.59 Å². The van der Waals surface area contributed by atoms with Crippen LogP contribution in [0.5, 0.6) is 5.75 Å². The van der Waals surface area contributed by atoms with E-state index in [0.717, 1.165) is 30.7 Å². The molecule has 0 bridgehead atoms. The topological polar surface area (TPSA) is 88.8 Å². The van der Waals surface area contributed by atoms with Crippen LogP contribution in [0.25, 0.3) is 11.5 Å². The first kappa shape index (κ1) is 17.2. The summed E-state index contributed by atoms with van der Waals surface area (Å²) in [7, 11) is 0. The molecular weight excluding hydrogens is 360 g/mol. The van der Waals surface area contributed by atoms with Gasteiger partial charge in [0, 0.05) is 18.9 Å². The molecule has 3 fully saturated rings. The lowest BCUT2D eigenvalue weighted by Crippen LogP contribution is -2.58. The molecule has 0 radical (unpaired) electrons. The van der Waals surface area contributed by atoms with Crippen LogP contribution in [0.3, 0.4) is 0 Å². The number of amides is 2. The molecular formula is C20H22N4O4. The Morgan fingerprint density at radius 1 is 1.25 bits per heavy atom. The summed E-state index contributed by atoms with van der Waals surface area (Å²) in [6.07, 6.45) is 3.55. The zero-order valence-corrected chi connectivity index (χ0v) is 15.5. The van der Waals surface area contributed by atoms with Crippen LogP contribution in [0.4, 0.5) is 0 Å². The predicted octanol–water partition coefficient (Wildman–Crippen LogP) is 1.83. The highest BCUT2D eigenvalue weighted by Gasteiger charge is 2.35. The third-order valence-electron chi connectivity index (χ3n) is 5.49. The first-order valence-electron chi connectivity index (χ1n) is 9.82. The molecule has 0 unspecified atom stereocenters. The maximum atomic E-state index is 12.3. The molecule has 0 N–H and O–H groups in total. The molecule has 5 rings (SSSR count). The van der Waals surface area contributed by atoms with Crippen molar-refractivity contribution in [2.24, 2.45) is 0 Å². The monoisotopic (exact) mass is 382 g/mol. The molecule has 0 spiro atoms. The minimum Gasteiger partial charge on any atom is -0.486 e. The number of para-hydroxylation sites is 1. The van der Waals surface area contributed by atoms with E-state index >= 15 is 0 Å². The normalized spacial score (nSPS) is 19.8. The average molecular weight is 382 g/mol. The molecule has 1 aliphatic carbocycles. The molecule has 1 aromatic heterocycles. The Bertz CT molecular complexity index is 901. The summed E-state index contributed by atoms with van der Waals surface area (Å²) in [5, 5.41) is 4.07. The number of carbonyl (C=O) groups is 2. The highest BCUT2D eigenvalue weighted by Crippen LogP contribution is 2.39. The van der Waals surface area contributed by atoms with Crippen LogP contribution in [-0.4, -0.2) is 64.0 Å². The van der Waals surface area contributed by atoms with E-state index in [2.05, 4.69) is 10.1 Å². The quantitative estimate of drug-likeness (QED) is 0.757. The zero-order chi connectivity index (χ0) is 19.1. The number of likely N-dealkylation sites (tertiary alicyclic amines) is 2. The van der Waals surface area contributed by atoms with Gasteiger partial charge >= 0.3 is 0 Å². The molecule has 2 aromatic rings. The van der Waals surface area contributed by atoms with Gasteiger partial charge in [0.2, 0.25) is 11.8 Å². The van der Waals surface area contributed by atoms with E-state index in [1.54, 1.807) is 9.80 Å². The molecule has 0 atom stereocenters. The van der Waals surface area contributed by atoms with Crippen molar-refractivity contribution in [2.45, 2.75) is 37.7 Å². The molecule has 2 saturated heterocycles. The maximum absolute atomic E-state index is 12.3. The van der Waals surface area contributed by atoms with Gasteiger partial charge in [-0.15, -0.1) is 0 Å². The summed E-state index contributed by atoms with van der Waals surface area (Å²) in [6.45, 7) is 1.89. The second kappa shape index (κ2) is 6.92. The van der Waals surface area contributed by atoms with Gasteiger partial charge in [-0.2, -0.15) is 4.98 Å². The van der Waals surface area contributed by atoms with Crippen LogP contribution < -0.4 is 4.74 Å². The van der Waals surface area contributed by atoms with Gasteiger partial charge in [0.1, 0.15) is 11.9 Å². The molecule has 2 aliphatic heterocycles. The summed E-state index contributed by atoms with van der Waals surface area (Å²) in [5.74, 6) is 2.40. The number of nitrogens with zero attached hydrogens (tertiary/aromatic N) is 4. The van der Waals surface area contributed by atoms with Crippen LogP contribution >= 0.6 is 0 Å². The summed E-state index contributed by atoms with van der Waals surface area (Å²) >= 11 is 0. The van der Waals surface area contributed by atoms with E-state index in [1.807, 2.05) is 24.3 Å². The number of aromatic nitrogens is 2. The minimum absolute atomic E-state index is 0.0191. The predicted molar refractivity (Wildman–Crippen MR) is 98.5 cm³/mol. The number of rotatable bonds is 6. The second-order valence-electron chi connectivity index (χ2n) is 7.69. The van der Waals surface area contributed by atoms with Gasteiger partial charge in [0.05, 0.1) is 25.2 Å². The van der Waals surface area contributed by atoms with Gasteiger partial charge < -0.3 is 19.1 Å². The fraction of sp³-hybridized carbons (Fsp3) is 0.500. The first-order chi connectivity index (χ1) is 13.7. The lowest BCUT2D eigenvalue weighted by molar-refractivity contribution is -0.144. The van der Waals surface area contributed by atoms with Gasteiger partial charge in [0.25, 0.3) is 5.89 Å².